The number of halogens is 1. The summed E-state index contributed by atoms with van der Waals surface area (Å²) >= 11 is 0. The van der Waals surface area contributed by atoms with Gasteiger partial charge in [-0.2, -0.15) is 5.26 Å². The number of nitrogens with one attached hydrogen (secondary N) is 1. The molecule has 7 heteroatoms. The fourth-order valence-electron chi connectivity index (χ4n) is 3.51. The molecule has 1 aromatic carbocycles. The van der Waals surface area contributed by atoms with Gasteiger partial charge < -0.3 is 10.2 Å². The van der Waals surface area contributed by atoms with Crippen LogP contribution in [0.1, 0.15) is 42.0 Å². The van der Waals surface area contributed by atoms with Crippen molar-refractivity contribution < 1.29 is 9.18 Å². The largest absolute Gasteiger partial charge is 0.353 e. The number of carbonyl (C=O) groups is 1. The highest BCUT2D eigenvalue weighted by Gasteiger charge is 2.27. The fourth-order valence-corrected chi connectivity index (χ4v) is 3.51. The molecule has 1 saturated carbocycles. The molecule has 27 heavy (non-hydrogen) atoms. The van der Waals surface area contributed by atoms with Crippen LogP contribution in [0.15, 0.2) is 30.3 Å². The summed E-state index contributed by atoms with van der Waals surface area (Å²) in [4.78, 5) is 14.4. The number of rotatable bonds is 5. The maximum atomic E-state index is 14.1. The maximum absolute atomic E-state index is 14.1. The number of hydrogen-bond acceptors (Lipinski definition) is 5. The summed E-state index contributed by atoms with van der Waals surface area (Å²) in [5.41, 5.74) is 1.75. The standard InChI is InChI=1S/C20H20FN5O/c21-18-9-13(1-5-17(18)14-2-3-14)10-20(27)23-16-7-8-26(12-16)19-6-4-15(11-22)24-25-19/h1,4-6,9,14,16H,2-3,7-8,10,12H2,(H,23,27)/t16-/m1/s1. The quantitative estimate of drug-likeness (QED) is 0.879. The number of amides is 1. The molecule has 6 nitrogen and oxygen atoms in total. The van der Waals surface area contributed by atoms with Gasteiger partial charge in [-0.25, -0.2) is 4.39 Å². The van der Waals surface area contributed by atoms with Crippen molar-refractivity contribution in [2.45, 2.75) is 37.6 Å². The Morgan fingerprint density at radius 3 is 2.78 bits per heavy atom. The first-order valence-corrected chi connectivity index (χ1v) is 9.19. The van der Waals surface area contributed by atoms with Gasteiger partial charge in [-0.05, 0) is 54.5 Å². The molecule has 1 aromatic heterocycles. The Labute approximate surface area is 157 Å². The summed E-state index contributed by atoms with van der Waals surface area (Å²) in [5.74, 6) is 0.756. The average Bonchev–Trinajstić information content (AvgIpc) is 3.40. The number of hydrogen-bond donors (Lipinski definition) is 1. The third-order valence-electron chi connectivity index (χ3n) is 5.09. The van der Waals surface area contributed by atoms with E-state index in [-0.39, 0.29) is 29.9 Å². The molecule has 0 unspecified atom stereocenters. The van der Waals surface area contributed by atoms with Crippen LogP contribution in [0.5, 0.6) is 0 Å². The first-order chi connectivity index (χ1) is 13.1. The van der Waals surface area contributed by atoms with Crippen molar-refractivity contribution in [2.75, 3.05) is 18.0 Å². The predicted molar refractivity (Wildman–Crippen MR) is 97.6 cm³/mol. The van der Waals surface area contributed by atoms with E-state index in [0.29, 0.717) is 23.8 Å². The summed E-state index contributed by atoms with van der Waals surface area (Å²) in [5, 5.41) is 19.7. The van der Waals surface area contributed by atoms with Gasteiger partial charge in [-0.1, -0.05) is 12.1 Å². The Kier molecular flexibility index (Phi) is 4.71. The lowest BCUT2D eigenvalue weighted by Gasteiger charge is -2.17. The van der Waals surface area contributed by atoms with Crippen molar-refractivity contribution in [2.24, 2.45) is 0 Å². The Bertz CT molecular complexity index is 888. The molecule has 4 rings (SSSR count). The second kappa shape index (κ2) is 7.31. The van der Waals surface area contributed by atoms with Gasteiger partial charge in [-0.3, -0.25) is 4.79 Å². The van der Waals surface area contributed by atoms with E-state index in [1.54, 1.807) is 12.1 Å². The Hall–Kier alpha value is -3.01. The molecule has 1 saturated heterocycles. The summed E-state index contributed by atoms with van der Waals surface area (Å²) in [6, 6.07) is 10.5. The Balaban J connectivity index is 1.31. The van der Waals surface area contributed by atoms with Crippen molar-refractivity contribution in [1.82, 2.24) is 15.5 Å². The highest BCUT2D eigenvalue weighted by Crippen LogP contribution is 2.41. The lowest BCUT2D eigenvalue weighted by Crippen LogP contribution is -2.38. The van der Waals surface area contributed by atoms with Crippen LogP contribution in [0.25, 0.3) is 0 Å². The zero-order chi connectivity index (χ0) is 18.8. The van der Waals surface area contributed by atoms with Gasteiger partial charge in [0.15, 0.2) is 11.5 Å². The first kappa shape index (κ1) is 17.4. The zero-order valence-corrected chi connectivity index (χ0v) is 14.9. The third-order valence-corrected chi connectivity index (χ3v) is 5.09. The number of nitrogens with zero attached hydrogens (tertiary/aromatic N) is 4. The normalized spacial score (nSPS) is 19.0. The molecule has 1 amide bonds. The molecular weight excluding hydrogens is 345 g/mol. The Morgan fingerprint density at radius 2 is 2.11 bits per heavy atom. The van der Waals surface area contributed by atoms with Crippen LogP contribution in [0.3, 0.4) is 0 Å². The molecule has 0 radical (unpaired) electrons. The highest BCUT2D eigenvalue weighted by molar-refractivity contribution is 5.79. The van der Waals surface area contributed by atoms with E-state index in [9.17, 15) is 9.18 Å². The fraction of sp³-hybridized carbons (Fsp3) is 0.400. The van der Waals surface area contributed by atoms with Crippen LogP contribution >= 0.6 is 0 Å². The van der Waals surface area contributed by atoms with Crippen molar-refractivity contribution in [3.05, 3.63) is 53.0 Å². The summed E-state index contributed by atoms with van der Waals surface area (Å²) < 4.78 is 14.1. The minimum atomic E-state index is -0.200. The second-order valence-corrected chi connectivity index (χ2v) is 7.19. The summed E-state index contributed by atoms with van der Waals surface area (Å²) in [6.45, 7) is 1.40. The number of anilines is 1. The molecule has 138 valence electrons. The molecule has 0 bridgehead atoms. The van der Waals surface area contributed by atoms with Gasteiger partial charge >= 0.3 is 0 Å². The molecular formula is C20H20FN5O. The van der Waals surface area contributed by atoms with E-state index in [2.05, 4.69) is 15.5 Å². The van der Waals surface area contributed by atoms with Crippen LogP contribution in [-0.4, -0.2) is 35.2 Å². The van der Waals surface area contributed by atoms with Gasteiger partial charge in [0.2, 0.25) is 5.91 Å². The number of nitriles is 1. The SMILES string of the molecule is N#Cc1ccc(N2CC[C@@H](NC(=O)Cc3ccc(C4CC4)c(F)c3)C2)nn1. The van der Waals surface area contributed by atoms with Crippen molar-refractivity contribution in [3.63, 3.8) is 0 Å². The zero-order valence-electron chi connectivity index (χ0n) is 14.9. The predicted octanol–water partition coefficient (Wildman–Crippen LogP) is 2.30. The molecule has 2 aliphatic rings. The van der Waals surface area contributed by atoms with E-state index in [1.165, 1.54) is 6.07 Å². The van der Waals surface area contributed by atoms with Gasteiger partial charge in [0.05, 0.1) is 6.42 Å². The average molecular weight is 365 g/mol. The molecule has 2 aromatic rings. The van der Waals surface area contributed by atoms with Gasteiger partial charge in [-0.15, -0.1) is 10.2 Å². The van der Waals surface area contributed by atoms with Crippen LogP contribution in [0.2, 0.25) is 0 Å². The summed E-state index contributed by atoms with van der Waals surface area (Å²) in [7, 11) is 0. The molecule has 1 aliphatic heterocycles. The monoisotopic (exact) mass is 365 g/mol. The summed E-state index contributed by atoms with van der Waals surface area (Å²) in [6.07, 6.45) is 3.09. The topological polar surface area (TPSA) is 81.9 Å². The lowest BCUT2D eigenvalue weighted by atomic mass is 10.0. The van der Waals surface area contributed by atoms with Gasteiger partial charge in [0.25, 0.3) is 0 Å². The third kappa shape index (κ3) is 4.05. The van der Waals surface area contributed by atoms with Crippen LogP contribution < -0.4 is 10.2 Å². The van der Waals surface area contributed by atoms with Crippen molar-refractivity contribution in [1.29, 1.82) is 5.26 Å². The molecule has 1 atom stereocenters. The maximum Gasteiger partial charge on any atom is 0.224 e. The van der Waals surface area contributed by atoms with E-state index in [1.807, 2.05) is 23.1 Å². The number of carbonyl (C=O) groups excluding carboxylic acids is 1. The Morgan fingerprint density at radius 1 is 1.26 bits per heavy atom. The minimum absolute atomic E-state index is 0.0190. The molecule has 2 fully saturated rings. The lowest BCUT2D eigenvalue weighted by molar-refractivity contribution is -0.121. The van der Waals surface area contributed by atoms with E-state index in [0.717, 1.165) is 31.4 Å². The van der Waals surface area contributed by atoms with Crippen LogP contribution in [-0.2, 0) is 11.2 Å². The van der Waals surface area contributed by atoms with Crippen LogP contribution in [0, 0.1) is 17.1 Å². The number of benzene rings is 1. The van der Waals surface area contributed by atoms with E-state index >= 15 is 0 Å². The number of aromatic nitrogens is 2. The highest BCUT2D eigenvalue weighted by atomic mass is 19.1. The van der Waals surface area contributed by atoms with Crippen molar-refractivity contribution >= 4 is 11.7 Å². The minimum Gasteiger partial charge on any atom is -0.353 e. The molecule has 1 N–H and O–H groups in total. The smallest absolute Gasteiger partial charge is 0.224 e. The van der Waals surface area contributed by atoms with Gasteiger partial charge in [0, 0.05) is 19.1 Å². The van der Waals surface area contributed by atoms with E-state index in [4.69, 9.17) is 5.26 Å². The molecule has 2 heterocycles. The van der Waals surface area contributed by atoms with Gasteiger partial charge in [0.1, 0.15) is 11.9 Å². The first-order valence-electron chi connectivity index (χ1n) is 9.19. The molecule has 1 aliphatic carbocycles. The van der Waals surface area contributed by atoms with Crippen LogP contribution in [0.4, 0.5) is 10.2 Å². The van der Waals surface area contributed by atoms with Crippen molar-refractivity contribution in [3.8, 4) is 6.07 Å². The second-order valence-electron chi connectivity index (χ2n) is 7.19. The molecule has 0 spiro atoms. The van der Waals surface area contributed by atoms with E-state index < -0.39 is 0 Å².